The summed E-state index contributed by atoms with van der Waals surface area (Å²) < 4.78 is 10.9. The lowest BCUT2D eigenvalue weighted by Crippen LogP contribution is -2.38. The summed E-state index contributed by atoms with van der Waals surface area (Å²) in [5.74, 6) is 0.658. The third kappa shape index (κ3) is 5.20. The van der Waals surface area contributed by atoms with E-state index in [4.69, 9.17) is 14.7 Å². The van der Waals surface area contributed by atoms with Crippen LogP contribution in [0.5, 0.6) is 5.75 Å². The molecule has 0 heterocycles. The average molecular weight is 276 g/mol. The van der Waals surface area contributed by atoms with Crippen LogP contribution in [0.2, 0.25) is 0 Å². The van der Waals surface area contributed by atoms with Crippen LogP contribution in [0.3, 0.4) is 0 Å². The molecular weight excluding hydrogens is 252 g/mol. The molecule has 4 heteroatoms. The number of nitriles is 1. The number of hydrogen-bond donors (Lipinski definition) is 0. The summed E-state index contributed by atoms with van der Waals surface area (Å²) in [4.78, 5) is 2.35. The fourth-order valence-electron chi connectivity index (χ4n) is 1.98. The highest BCUT2D eigenvalue weighted by atomic mass is 16.5. The maximum atomic E-state index is 9.01. The monoisotopic (exact) mass is 276 g/mol. The van der Waals surface area contributed by atoms with Crippen molar-refractivity contribution in [2.45, 2.75) is 26.3 Å². The van der Waals surface area contributed by atoms with E-state index in [-0.39, 0.29) is 0 Å². The number of hydrogen-bond acceptors (Lipinski definition) is 4. The third-order valence-corrected chi connectivity index (χ3v) is 3.44. The lowest BCUT2D eigenvalue weighted by atomic mass is 10.2. The highest BCUT2D eigenvalue weighted by molar-refractivity contribution is 5.42. The Morgan fingerprint density at radius 2 is 1.95 bits per heavy atom. The number of methoxy groups -OCH3 is 1. The summed E-state index contributed by atoms with van der Waals surface area (Å²) in [5, 5.41) is 9.01. The number of nitrogens with zero attached hydrogens (tertiary/aromatic N) is 2. The molecule has 0 bridgehead atoms. The van der Waals surface area contributed by atoms with E-state index in [1.165, 1.54) is 0 Å². The largest absolute Gasteiger partial charge is 0.491 e. The number of para-hydroxylation sites is 1. The summed E-state index contributed by atoms with van der Waals surface area (Å²) in [7, 11) is 1.72. The van der Waals surface area contributed by atoms with Gasteiger partial charge in [0, 0.05) is 26.2 Å². The Balaban J connectivity index is 2.49. The minimum atomic E-state index is 0.500. The highest BCUT2D eigenvalue weighted by Gasteiger charge is 2.12. The fourth-order valence-corrected chi connectivity index (χ4v) is 1.98. The first kappa shape index (κ1) is 16.5. The zero-order chi connectivity index (χ0) is 14.8. The van der Waals surface area contributed by atoms with Crippen LogP contribution in [0.4, 0.5) is 0 Å². The summed E-state index contributed by atoms with van der Waals surface area (Å²) in [6.45, 7) is 7.41. The summed E-state index contributed by atoms with van der Waals surface area (Å²) in [6.07, 6.45) is 1.10. The Labute approximate surface area is 121 Å². The molecule has 0 aliphatic rings. The van der Waals surface area contributed by atoms with Crippen molar-refractivity contribution >= 4 is 0 Å². The van der Waals surface area contributed by atoms with Gasteiger partial charge in [-0.25, -0.2) is 0 Å². The van der Waals surface area contributed by atoms with Crippen LogP contribution >= 0.6 is 0 Å². The second kappa shape index (κ2) is 9.35. The van der Waals surface area contributed by atoms with E-state index in [0.717, 1.165) is 26.1 Å². The van der Waals surface area contributed by atoms with Gasteiger partial charge in [-0.05, 0) is 25.5 Å². The minimum absolute atomic E-state index is 0.500. The molecule has 0 saturated carbocycles. The van der Waals surface area contributed by atoms with Crippen molar-refractivity contribution in [3.05, 3.63) is 29.8 Å². The van der Waals surface area contributed by atoms with Crippen LogP contribution in [0.25, 0.3) is 0 Å². The van der Waals surface area contributed by atoms with Crippen molar-refractivity contribution in [1.29, 1.82) is 5.26 Å². The molecule has 0 amide bonds. The topological polar surface area (TPSA) is 45.5 Å². The van der Waals surface area contributed by atoms with Gasteiger partial charge in [0.25, 0.3) is 0 Å². The molecule has 0 radical (unpaired) electrons. The Hall–Kier alpha value is -1.57. The molecule has 110 valence electrons. The van der Waals surface area contributed by atoms with Crippen molar-refractivity contribution in [3.8, 4) is 11.8 Å². The van der Waals surface area contributed by atoms with E-state index in [9.17, 15) is 0 Å². The summed E-state index contributed by atoms with van der Waals surface area (Å²) >= 11 is 0. The molecule has 4 nitrogen and oxygen atoms in total. The molecule has 1 aromatic carbocycles. The van der Waals surface area contributed by atoms with Crippen LogP contribution in [0.1, 0.15) is 25.8 Å². The second-order valence-corrected chi connectivity index (χ2v) is 4.74. The Morgan fingerprint density at radius 3 is 2.60 bits per heavy atom. The van der Waals surface area contributed by atoms with Crippen molar-refractivity contribution < 1.29 is 9.47 Å². The van der Waals surface area contributed by atoms with E-state index in [2.05, 4.69) is 24.8 Å². The SMILES string of the molecule is CCC(C)N(CCOC)CCOc1ccccc1C#N. The standard InChI is InChI=1S/C16H24N2O2/c1-4-14(2)18(9-11-19-3)10-12-20-16-8-6-5-7-15(16)13-17/h5-8,14H,4,9-12H2,1-3H3. The van der Waals surface area contributed by atoms with Crippen molar-refractivity contribution in [2.75, 3.05) is 33.4 Å². The zero-order valence-electron chi connectivity index (χ0n) is 12.6. The normalized spacial score (nSPS) is 12.2. The van der Waals surface area contributed by atoms with E-state index in [0.29, 0.717) is 24.0 Å². The number of rotatable bonds is 9. The van der Waals surface area contributed by atoms with Gasteiger partial charge in [-0.1, -0.05) is 19.1 Å². The van der Waals surface area contributed by atoms with Crippen molar-refractivity contribution in [3.63, 3.8) is 0 Å². The van der Waals surface area contributed by atoms with Gasteiger partial charge in [0.2, 0.25) is 0 Å². The molecule has 1 atom stereocenters. The minimum Gasteiger partial charge on any atom is -0.491 e. The zero-order valence-corrected chi connectivity index (χ0v) is 12.6. The molecule has 1 aromatic rings. The van der Waals surface area contributed by atoms with Gasteiger partial charge in [0.05, 0.1) is 12.2 Å². The van der Waals surface area contributed by atoms with Gasteiger partial charge in [0.1, 0.15) is 18.4 Å². The lowest BCUT2D eigenvalue weighted by molar-refractivity contribution is 0.109. The fraction of sp³-hybridized carbons (Fsp3) is 0.562. The first-order valence-electron chi connectivity index (χ1n) is 7.07. The average Bonchev–Trinajstić information content (AvgIpc) is 2.50. The van der Waals surface area contributed by atoms with Crippen LogP contribution in [0.15, 0.2) is 24.3 Å². The molecule has 1 rings (SSSR count). The molecule has 20 heavy (non-hydrogen) atoms. The smallest absolute Gasteiger partial charge is 0.137 e. The van der Waals surface area contributed by atoms with Crippen molar-refractivity contribution in [1.82, 2.24) is 4.90 Å². The molecular formula is C16H24N2O2. The first-order valence-corrected chi connectivity index (χ1v) is 7.07. The predicted octanol–water partition coefficient (Wildman–Crippen LogP) is 2.68. The summed E-state index contributed by atoms with van der Waals surface area (Å²) in [5.41, 5.74) is 0.583. The number of ether oxygens (including phenoxy) is 2. The predicted molar refractivity (Wildman–Crippen MR) is 79.9 cm³/mol. The van der Waals surface area contributed by atoms with E-state index < -0.39 is 0 Å². The Bertz CT molecular complexity index is 429. The molecule has 0 saturated heterocycles. The van der Waals surface area contributed by atoms with E-state index in [1.807, 2.05) is 18.2 Å². The Morgan fingerprint density at radius 1 is 1.25 bits per heavy atom. The van der Waals surface area contributed by atoms with E-state index >= 15 is 0 Å². The van der Waals surface area contributed by atoms with Gasteiger partial charge in [-0.3, -0.25) is 4.90 Å². The van der Waals surface area contributed by atoms with Crippen molar-refractivity contribution in [2.24, 2.45) is 0 Å². The van der Waals surface area contributed by atoms with Gasteiger partial charge in [-0.15, -0.1) is 0 Å². The lowest BCUT2D eigenvalue weighted by Gasteiger charge is -2.28. The number of benzene rings is 1. The molecule has 0 N–H and O–H groups in total. The molecule has 0 aliphatic carbocycles. The van der Waals surface area contributed by atoms with Crippen LogP contribution in [-0.2, 0) is 4.74 Å². The van der Waals surface area contributed by atoms with Crippen LogP contribution in [-0.4, -0.2) is 44.4 Å². The highest BCUT2D eigenvalue weighted by Crippen LogP contribution is 2.16. The summed E-state index contributed by atoms with van der Waals surface area (Å²) in [6, 6.07) is 9.97. The van der Waals surface area contributed by atoms with Crippen LogP contribution < -0.4 is 4.74 Å². The van der Waals surface area contributed by atoms with Gasteiger partial charge in [-0.2, -0.15) is 5.26 Å². The van der Waals surface area contributed by atoms with Crippen LogP contribution in [0, 0.1) is 11.3 Å². The molecule has 0 aliphatic heterocycles. The molecule has 1 unspecified atom stereocenters. The van der Waals surface area contributed by atoms with E-state index in [1.54, 1.807) is 13.2 Å². The van der Waals surface area contributed by atoms with Gasteiger partial charge in [0.15, 0.2) is 0 Å². The van der Waals surface area contributed by atoms with Gasteiger partial charge >= 0.3 is 0 Å². The Kier molecular flexibility index (Phi) is 7.71. The maximum absolute atomic E-state index is 9.01. The first-order chi connectivity index (χ1) is 9.72. The molecule has 0 spiro atoms. The second-order valence-electron chi connectivity index (χ2n) is 4.74. The van der Waals surface area contributed by atoms with Gasteiger partial charge < -0.3 is 9.47 Å². The maximum Gasteiger partial charge on any atom is 0.137 e. The molecule has 0 fully saturated rings. The quantitative estimate of drug-likeness (QED) is 0.695. The molecule has 0 aromatic heterocycles. The third-order valence-electron chi connectivity index (χ3n) is 3.44.